The van der Waals surface area contributed by atoms with E-state index >= 15 is 0 Å². The van der Waals surface area contributed by atoms with Gasteiger partial charge in [-0.2, -0.15) is 0 Å². The van der Waals surface area contributed by atoms with Crippen LogP contribution in [0.4, 0.5) is 0 Å². The summed E-state index contributed by atoms with van der Waals surface area (Å²) in [7, 11) is 1.63. The Hall–Kier alpha value is -2.00. The molecular weight excluding hydrogens is 324 g/mol. The smallest absolute Gasteiger partial charge is 0.234 e. The molecule has 0 N–H and O–H groups in total. The summed E-state index contributed by atoms with van der Waals surface area (Å²) >= 11 is 0. The molecule has 0 aliphatic carbocycles. The molecule has 0 saturated heterocycles. The second-order valence-electron chi connectivity index (χ2n) is 7.46. The van der Waals surface area contributed by atoms with Crippen LogP contribution in [0.3, 0.4) is 0 Å². The highest BCUT2D eigenvalue weighted by molar-refractivity contribution is 5.30. The van der Waals surface area contributed by atoms with Gasteiger partial charge in [0.05, 0.1) is 0 Å². The van der Waals surface area contributed by atoms with E-state index in [1.807, 2.05) is 42.5 Å². The molecule has 0 saturated carbocycles. The average Bonchev–Trinajstić information content (AvgIpc) is 2.64. The van der Waals surface area contributed by atoms with Gasteiger partial charge in [0.25, 0.3) is 0 Å². The first-order valence-corrected chi connectivity index (χ1v) is 9.46. The van der Waals surface area contributed by atoms with Crippen LogP contribution in [0.2, 0.25) is 0 Å². The van der Waals surface area contributed by atoms with E-state index in [1.54, 1.807) is 7.11 Å². The third-order valence-corrected chi connectivity index (χ3v) is 4.50. The SMILES string of the molecule is COC(COc1ccccc1)Oc1ccc(C(CC(C)C)C(C)C)cc1. The third kappa shape index (κ3) is 6.38. The number of benzene rings is 2. The summed E-state index contributed by atoms with van der Waals surface area (Å²) in [5.74, 6) is 3.48. The fraction of sp³-hybridized carbons (Fsp3) is 0.478. The molecule has 0 heterocycles. The van der Waals surface area contributed by atoms with Gasteiger partial charge < -0.3 is 14.2 Å². The highest BCUT2D eigenvalue weighted by atomic mass is 16.7. The van der Waals surface area contributed by atoms with Crippen molar-refractivity contribution in [3.8, 4) is 11.5 Å². The molecule has 26 heavy (non-hydrogen) atoms. The van der Waals surface area contributed by atoms with Crippen LogP contribution in [-0.4, -0.2) is 20.0 Å². The quantitative estimate of drug-likeness (QED) is 0.496. The second-order valence-corrected chi connectivity index (χ2v) is 7.46. The predicted octanol–water partition coefficient (Wildman–Crippen LogP) is 5.90. The molecule has 0 aliphatic rings. The lowest BCUT2D eigenvalue weighted by Crippen LogP contribution is -2.26. The minimum Gasteiger partial charge on any atom is -0.487 e. The molecule has 3 heteroatoms. The van der Waals surface area contributed by atoms with E-state index in [0.29, 0.717) is 24.4 Å². The molecule has 2 rings (SSSR count). The van der Waals surface area contributed by atoms with E-state index in [1.165, 1.54) is 12.0 Å². The predicted molar refractivity (Wildman–Crippen MR) is 107 cm³/mol. The minimum absolute atomic E-state index is 0.338. The normalized spacial score (nSPS) is 13.7. The van der Waals surface area contributed by atoms with E-state index in [4.69, 9.17) is 14.2 Å². The molecule has 0 spiro atoms. The van der Waals surface area contributed by atoms with Gasteiger partial charge >= 0.3 is 0 Å². The molecule has 2 atom stereocenters. The number of hydrogen-bond donors (Lipinski definition) is 0. The van der Waals surface area contributed by atoms with Gasteiger partial charge in [0.15, 0.2) is 6.61 Å². The first kappa shape index (κ1) is 20.3. The molecule has 0 aliphatic heterocycles. The van der Waals surface area contributed by atoms with E-state index in [2.05, 4.69) is 39.8 Å². The minimum atomic E-state index is -0.447. The average molecular weight is 357 g/mol. The van der Waals surface area contributed by atoms with Crippen molar-refractivity contribution >= 4 is 0 Å². The molecule has 2 aromatic rings. The van der Waals surface area contributed by atoms with Crippen molar-refractivity contribution in [2.24, 2.45) is 11.8 Å². The van der Waals surface area contributed by atoms with E-state index < -0.39 is 6.29 Å². The molecule has 0 fully saturated rings. The summed E-state index contributed by atoms with van der Waals surface area (Å²) in [6.45, 7) is 9.48. The molecule has 0 radical (unpaired) electrons. The van der Waals surface area contributed by atoms with Gasteiger partial charge in [0.2, 0.25) is 6.29 Å². The van der Waals surface area contributed by atoms with Crippen molar-refractivity contribution in [1.82, 2.24) is 0 Å². The molecule has 0 aromatic heterocycles. The zero-order chi connectivity index (χ0) is 18.9. The maximum absolute atomic E-state index is 5.91. The fourth-order valence-electron chi connectivity index (χ4n) is 3.08. The van der Waals surface area contributed by atoms with E-state index in [0.717, 1.165) is 11.5 Å². The topological polar surface area (TPSA) is 27.7 Å². The summed E-state index contributed by atoms with van der Waals surface area (Å²) in [5, 5.41) is 0. The number of methoxy groups -OCH3 is 1. The van der Waals surface area contributed by atoms with Gasteiger partial charge in [-0.1, -0.05) is 58.0 Å². The van der Waals surface area contributed by atoms with Gasteiger partial charge in [0, 0.05) is 7.11 Å². The number of rotatable bonds is 10. The van der Waals surface area contributed by atoms with Gasteiger partial charge in [0.1, 0.15) is 11.5 Å². The van der Waals surface area contributed by atoms with Crippen molar-refractivity contribution < 1.29 is 14.2 Å². The molecule has 0 amide bonds. The van der Waals surface area contributed by atoms with Crippen LogP contribution in [-0.2, 0) is 4.74 Å². The van der Waals surface area contributed by atoms with E-state index in [-0.39, 0.29) is 0 Å². The lowest BCUT2D eigenvalue weighted by molar-refractivity contribution is -0.0781. The Balaban J connectivity index is 1.95. The van der Waals surface area contributed by atoms with Crippen LogP contribution in [0.1, 0.15) is 45.6 Å². The summed E-state index contributed by atoms with van der Waals surface area (Å²) in [6.07, 6.45) is 0.751. The van der Waals surface area contributed by atoms with Crippen molar-refractivity contribution in [3.05, 3.63) is 60.2 Å². The van der Waals surface area contributed by atoms with Crippen molar-refractivity contribution in [1.29, 1.82) is 0 Å². The highest BCUT2D eigenvalue weighted by Crippen LogP contribution is 2.32. The van der Waals surface area contributed by atoms with Crippen LogP contribution in [0.25, 0.3) is 0 Å². The molecule has 0 bridgehead atoms. The Labute approximate surface area is 158 Å². The van der Waals surface area contributed by atoms with Crippen LogP contribution in [0, 0.1) is 11.8 Å². The zero-order valence-electron chi connectivity index (χ0n) is 16.6. The van der Waals surface area contributed by atoms with Crippen molar-refractivity contribution in [2.75, 3.05) is 13.7 Å². The van der Waals surface area contributed by atoms with Gasteiger partial charge in [-0.3, -0.25) is 0 Å². The maximum atomic E-state index is 5.91. The first-order chi connectivity index (χ1) is 12.5. The molecule has 3 nitrogen and oxygen atoms in total. The first-order valence-electron chi connectivity index (χ1n) is 9.46. The molecule has 2 unspecified atom stereocenters. The lowest BCUT2D eigenvalue weighted by atomic mass is 9.82. The lowest BCUT2D eigenvalue weighted by Gasteiger charge is -2.24. The largest absolute Gasteiger partial charge is 0.487 e. The van der Waals surface area contributed by atoms with Crippen molar-refractivity contribution in [3.63, 3.8) is 0 Å². The standard InChI is InChI=1S/C23H32O3/c1-17(2)15-22(18(3)4)19-11-13-21(14-12-19)26-23(24-5)16-25-20-9-7-6-8-10-20/h6-14,17-18,22-23H,15-16H2,1-5H3. The Kier molecular flexibility index (Phi) is 7.99. The van der Waals surface area contributed by atoms with Crippen LogP contribution in [0.15, 0.2) is 54.6 Å². The maximum Gasteiger partial charge on any atom is 0.234 e. The summed E-state index contributed by atoms with van der Waals surface area (Å²) in [5.41, 5.74) is 1.37. The summed E-state index contributed by atoms with van der Waals surface area (Å²) < 4.78 is 17.0. The summed E-state index contributed by atoms with van der Waals surface area (Å²) in [6, 6.07) is 18.1. The van der Waals surface area contributed by atoms with Crippen molar-refractivity contribution in [2.45, 2.75) is 46.3 Å². The van der Waals surface area contributed by atoms with Gasteiger partial charge in [-0.25, -0.2) is 0 Å². The van der Waals surface area contributed by atoms with Gasteiger partial charge in [-0.15, -0.1) is 0 Å². The van der Waals surface area contributed by atoms with Crippen LogP contribution < -0.4 is 9.47 Å². The molecule has 142 valence electrons. The Morgan fingerprint density at radius 3 is 2.00 bits per heavy atom. The van der Waals surface area contributed by atoms with Crippen LogP contribution in [0.5, 0.6) is 11.5 Å². The fourth-order valence-corrected chi connectivity index (χ4v) is 3.08. The molecular formula is C23H32O3. The number of ether oxygens (including phenoxy) is 3. The zero-order valence-corrected chi connectivity index (χ0v) is 16.6. The highest BCUT2D eigenvalue weighted by Gasteiger charge is 2.18. The van der Waals surface area contributed by atoms with Crippen LogP contribution >= 0.6 is 0 Å². The van der Waals surface area contributed by atoms with E-state index in [9.17, 15) is 0 Å². The number of para-hydroxylation sites is 1. The Morgan fingerprint density at radius 2 is 1.46 bits per heavy atom. The third-order valence-electron chi connectivity index (χ3n) is 4.50. The Morgan fingerprint density at radius 1 is 0.808 bits per heavy atom. The number of hydrogen-bond acceptors (Lipinski definition) is 3. The monoisotopic (exact) mass is 356 g/mol. The summed E-state index contributed by atoms with van der Waals surface area (Å²) in [4.78, 5) is 0. The second kappa shape index (κ2) is 10.2. The van der Waals surface area contributed by atoms with Gasteiger partial charge in [-0.05, 0) is 54.0 Å². The molecule has 2 aromatic carbocycles. The Bertz CT molecular complexity index is 620.